The molecule has 0 saturated carbocycles. The van der Waals surface area contributed by atoms with Crippen LogP contribution in [0.2, 0.25) is 0 Å². The van der Waals surface area contributed by atoms with Crippen LogP contribution < -0.4 is 9.62 Å². The average molecular weight is 478 g/mol. The zero-order chi connectivity index (χ0) is 24.9. The second-order valence-corrected chi connectivity index (χ2v) is 11.0. The summed E-state index contributed by atoms with van der Waals surface area (Å²) in [5.74, 6) is -0.503. The highest BCUT2D eigenvalue weighted by Gasteiger charge is 2.28. The maximum absolute atomic E-state index is 12.8. The molecule has 33 heavy (non-hydrogen) atoms. The summed E-state index contributed by atoms with van der Waals surface area (Å²) in [5.41, 5.74) is -1.18. The number of anilines is 1. The first-order chi connectivity index (χ1) is 15.2. The van der Waals surface area contributed by atoms with Gasteiger partial charge in [-0.25, -0.2) is 22.9 Å². The van der Waals surface area contributed by atoms with Crippen molar-refractivity contribution in [3.8, 4) is 0 Å². The summed E-state index contributed by atoms with van der Waals surface area (Å²) in [5, 5.41) is 0. The lowest BCUT2D eigenvalue weighted by Crippen LogP contribution is -2.42. The van der Waals surface area contributed by atoms with Crippen molar-refractivity contribution in [2.75, 3.05) is 11.4 Å². The summed E-state index contributed by atoms with van der Waals surface area (Å²) in [6.07, 6.45) is -0.775. The molecule has 2 aromatic rings. The molecule has 0 aliphatic heterocycles. The van der Waals surface area contributed by atoms with Crippen LogP contribution in [0.4, 0.5) is 10.6 Å². The van der Waals surface area contributed by atoms with E-state index in [-0.39, 0.29) is 17.3 Å². The summed E-state index contributed by atoms with van der Waals surface area (Å²) in [7, 11) is -3.74. The maximum atomic E-state index is 12.8. The number of aromatic nitrogens is 1. The van der Waals surface area contributed by atoms with E-state index in [1.54, 1.807) is 71.9 Å². The summed E-state index contributed by atoms with van der Waals surface area (Å²) in [6.45, 7) is 9.76. The van der Waals surface area contributed by atoms with Crippen LogP contribution in [0.3, 0.4) is 0 Å². The van der Waals surface area contributed by atoms with E-state index in [9.17, 15) is 18.0 Å². The van der Waals surface area contributed by atoms with Gasteiger partial charge in [-0.05, 0) is 65.8 Å². The van der Waals surface area contributed by atoms with Crippen LogP contribution in [0.5, 0.6) is 0 Å². The molecule has 0 aliphatic rings. The summed E-state index contributed by atoms with van der Waals surface area (Å²) in [4.78, 5) is 30.8. The molecule has 0 radical (unpaired) electrons. The topological polar surface area (TPSA) is 115 Å². The van der Waals surface area contributed by atoms with Crippen molar-refractivity contribution in [3.05, 3.63) is 54.2 Å². The Kier molecular flexibility index (Phi) is 8.20. The highest BCUT2D eigenvalue weighted by Crippen LogP contribution is 2.18. The fraction of sp³-hybridized carbons (Fsp3) is 0.435. The van der Waals surface area contributed by atoms with Crippen molar-refractivity contribution in [1.82, 2.24) is 9.71 Å². The molecular weight excluding hydrogens is 446 g/mol. The summed E-state index contributed by atoms with van der Waals surface area (Å²) >= 11 is 0. The van der Waals surface area contributed by atoms with Gasteiger partial charge in [0.05, 0.1) is 17.1 Å². The summed E-state index contributed by atoms with van der Waals surface area (Å²) < 4.78 is 38.2. The Bertz CT molecular complexity index is 1070. The van der Waals surface area contributed by atoms with Crippen molar-refractivity contribution in [2.24, 2.45) is 0 Å². The number of sulfonamides is 1. The third-order valence-electron chi connectivity index (χ3n) is 3.89. The van der Waals surface area contributed by atoms with E-state index in [2.05, 4.69) is 9.71 Å². The van der Waals surface area contributed by atoms with Crippen LogP contribution >= 0.6 is 0 Å². The molecular formula is C23H31N3O6S. The molecule has 1 amide bonds. The van der Waals surface area contributed by atoms with Gasteiger partial charge in [0.1, 0.15) is 23.6 Å². The van der Waals surface area contributed by atoms with E-state index in [4.69, 9.17) is 9.47 Å². The number of benzene rings is 1. The molecule has 0 fully saturated rings. The van der Waals surface area contributed by atoms with Crippen molar-refractivity contribution in [1.29, 1.82) is 0 Å². The predicted octanol–water partition coefficient (Wildman–Crippen LogP) is 3.64. The number of hydrogen-bond donors (Lipinski definition) is 1. The van der Waals surface area contributed by atoms with Crippen molar-refractivity contribution in [2.45, 2.75) is 64.2 Å². The van der Waals surface area contributed by atoms with Crippen LogP contribution in [0.15, 0.2) is 53.4 Å². The van der Waals surface area contributed by atoms with E-state index in [1.165, 1.54) is 18.2 Å². The van der Waals surface area contributed by atoms with Gasteiger partial charge in [0, 0.05) is 0 Å². The van der Waals surface area contributed by atoms with E-state index in [0.29, 0.717) is 5.69 Å². The Morgan fingerprint density at radius 1 is 0.909 bits per heavy atom. The normalized spacial score (nSPS) is 12.2. The number of hydrogen-bond acceptors (Lipinski definition) is 7. The fourth-order valence-electron chi connectivity index (χ4n) is 2.63. The van der Waals surface area contributed by atoms with Crippen molar-refractivity contribution >= 4 is 27.9 Å². The molecule has 1 aromatic heterocycles. The number of carbonyl (C=O) groups is 2. The average Bonchev–Trinajstić information content (AvgIpc) is 2.69. The van der Waals surface area contributed by atoms with Gasteiger partial charge in [-0.3, -0.25) is 9.69 Å². The maximum Gasteiger partial charge on any atom is 0.416 e. The summed E-state index contributed by atoms with van der Waals surface area (Å²) in [6, 6.07) is 12.7. The molecule has 1 N–H and O–H groups in total. The molecule has 0 saturated heterocycles. The third-order valence-corrected chi connectivity index (χ3v) is 5.30. The number of esters is 1. The van der Waals surface area contributed by atoms with Crippen molar-refractivity contribution in [3.63, 3.8) is 0 Å². The largest absolute Gasteiger partial charge is 0.459 e. The second kappa shape index (κ2) is 10.3. The minimum Gasteiger partial charge on any atom is -0.459 e. The fourth-order valence-corrected chi connectivity index (χ4v) is 3.65. The second-order valence-electron chi connectivity index (χ2n) is 9.28. The first kappa shape index (κ1) is 26.3. The van der Waals surface area contributed by atoms with Crippen LogP contribution in [0.25, 0.3) is 0 Å². The molecule has 0 atom stereocenters. The number of pyridine rings is 1. The molecule has 0 bridgehead atoms. The number of rotatable bonds is 7. The number of ether oxygens (including phenoxy) is 2. The standard InChI is InChI=1S/C23H31N3O6S/c1-22(2,3)31-20(27)16-26(21(28)32-23(4,5)6)19-14-10-11-17(25-19)15-24-33(29,30)18-12-8-7-9-13-18/h7-14,24H,15-16H2,1-6H3. The molecule has 9 nitrogen and oxygen atoms in total. The first-order valence-corrected chi connectivity index (χ1v) is 11.9. The lowest BCUT2D eigenvalue weighted by molar-refractivity contribution is -0.153. The highest BCUT2D eigenvalue weighted by molar-refractivity contribution is 7.89. The quantitative estimate of drug-likeness (QED) is 0.605. The Hall–Kier alpha value is -2.98. The lowest BCUT2D eigenvalue weighted by atomic mass is 10.2. The van der Waals surface area contributed by atoms with Gasteiger partial charge in [-0.15, -0.1) is 0 Å². The van der Waals surface area contributed by atoms with Gasteiger partial charge in [0.2, 0.25) is 10.0 Å². The molecule has 1 aromatic carbocycles. The highest BCUT2D eigenvalue weighted by atomic mass is 32.2. The Labute approximate surface area is 195 Å². The van der Waals surface area contributed by atoms with Crippen LogP contribution in [0, 0.1) is 0 Å². The van der Waals surface area contributed by atoms with Gasteiger partial charge in [-0.1, -0.05) is 24.3 Å². The Morgan fingerprint density at radius 3 is 2.09 bits per heavy atom. The van der Waals surface area contributed by atoms with Crippen LogP contribution in [-0.4, -0.2) is 43.2 Å². The van der Waals surface area contributed by atoms with Gasteiger partial charge in [-0.2, -0.15) is 0 Å². The SMILES string of the molecule is CC(C)(C)OC(=O)CN(C(=O)OC(C)(C)C)c1cccc(CNS(=O)(=O)c2ccccc2)n1. The molecule has 0 aliphatic carbocycles. The minimum atomic E-state index is -3.74. The Morgan fingerprint density at radius 2 is 1.52 bits per heavy atom. The number of amides is 1. The molecule has 1 heterocycles. The van der Waals surface area contributed by atoms with Gasteiger partial charge < -0.3 is 9.47 Å². The third kappa shape index (κ3) is 8.82. The van der Waals surface area contributed by atoms with Crippen LogP contribution in [-0.2, 0) is 30.8 Å². The molecule has 180 valence electrons. The minimum absolute atomic E-state index is 0.111. The molecule has 0 unspecified atom stereocenters. The van der Waals surface area contributed by atoms with E-state index in [0.717, 1.165) is 4.90 Å². The van der Waals surface area contributed by atoms with E-state index in [1.807, 2.05) is 0 Å². The zero-order valence-electron chi connectivity index (χ0n) is 19.8. The van der Waals surface area contributed by atoms with Gasteiger partial charge >= 0.3 is 12.1 Å². The van der Waals surface area contributed by atoms with Crippen molar-refractivity contribution < 1.29 is 27.5 Å². The number of nitrogens with zero attached hydrogens (tertiary/aromatic N) is 2. The smallest absolute Gasteiger partial charge is 0.416 e. The molecule has 0 spiro atoms. The Balaban J connectivity index is 2.25. The van der Waals surface area contributed by atoms with Gasteiger partial charge in [0.15, 0.2) is 0 Å². The van der Waals surface area contributed by atoms with Crippen LogP contribution in [0.1, 0.15) is 47.2 Å². The first-order valence-electron chi connectivity index (χ1n) is 10.4. The molecule has 2 rings (SSSR count). The van der Waals surface area contributed by atoms with Gasteiger partial charge in [0.25, 0.3) is 0 Å². The predicted molar refractivity (Wildman–Crippen MR) is 124 cm³/mol. The number of carbonyl (C=O) groups excluding carboxylic acids is 2. The zero-order valence-corrected chi connectivity index (χ0v) is 20.6. The number of nitrogens with one attached hydrogen (secondary N) is 1. The van der Waals surface area contributed by atoms with E-state index >= 15 is 0 Å². The van der Waals surface area contributed by atoms with E-state index < -0.39 is 39.8 Å². The molecule has 10 heteroatoms. The monoisotopic (exact) mass is 477 g/mol. The lowest BCUT2D eigenvalue weighted by Gasteiger charge is -2.27.